The highest BCUT2D eigenvalue weighted by molar-refractivity contribution is 6.25. The molecule has 112 valence electrons. The molecule has 2 aromatic carbocycles. The van der Waals surface area contributed by atoms with Crippen LogP contribution in [-0.4, -0.2) is 35.0 Å². The Morgan fingerprint density at radius 1 is 1.09 bits per heavy atom. The summed E-state index contributed by atoms with van der Waals surface area (Å²) >= 11 is 0. The molecule has 3 atom stereocenters. The van der Waals surface area contributed by atoms with E-state index in [4.69, 9.17) is 4.74 Å². The Hall–Kier alpha value is -2.20. The van der Waals surface area contributed by atoms with Gasteiger partial charge < -0.3 is 4.74 Å². The van der Waals surface area contributed by atoms with Gasteiger partial charge in [0.15, 0.2) is 0 Å². The molecule has 4 heteroatoms. The van der Waals surface area contributed by atoms with E-state index in [-0.39, 0.29) is 30.1 Å². The SMILES string of the molecule is CCC1OC1C(C)N1C(=O)c2cccc3cccc(c23)C1=O. The molecule has 3 unspecified atom stereocenters. The predicted molar refractivity (Wildman–Crippen MR) is 82.9 cm³/mol. The van der Waals surface area contributed by atoms with Gasteiger partial charge in [-0.25, -0.2) is 0 Å². The van der Waals surface area contributed by atoms with Crippen molar-refractivity contribution in [3.05, 3.63) is 47.5 Å². The summed E-state index contributed by atoms with van der Waals surface area (Å²) in [6.07, 6.45) is 1.02. The first-order valence-corrected chi connectivity index (χ1v) is 7.68. The van der Waals surface area contributed by atoms with Crippen LogP contribution in [0, 0.1) is 0 Å². The van der Waals surface area contributed by atoms with Crippen molar-refractivity contribution < 1.29 is 14.3 Å². The first-order chi connectivity index (χ1) is 10.6. The van der Waals surface area contributed by atoms with E-state index < -0.39 is 0 Å². The van der Waals surface area contributed by atoms with Crippen molar-refractivity contribution in [2.24, 2.45) is 0 Å². The minimum atomic E-state index is -0.242. The minimum Gasteiger partial charge on any atom is -0.367 e. The van der Waals surface area contributed by atoms with Gasteiger partial charge in [0, 0.05) is 16.5 Å². The van der Waals surface area contributed by atoms with Gasteiger partial charge in [0.25, 0.3) is 11.8 Å². The van der Waals surface area contributed by atoms with Gasteiger partial charge in [-0.2, -0.15) is 0 Å². The molecule has 1 fully saturated rings. The first kappa shape index (κ1) is 13.5. The smallest absolute Gasteiger partial charge is 0.261 e. The van der Waals surface area contributed by atoms with Gasteiger partial charge in [0.05, 0.1) is 12.1 Å². The second-order valence-corrected chi connectivity index (χ2v) is 5.98. The third-order valence-electron chi connectivity index (χ3n) is 4.71. The molecule has 2 aliphatic rings. The summed E-state index contributed by atoms with van der Waals surface area (Å²) in [5.74, 6) is -0.431. The fourth-order valence-corrected chi connectivity index (χ4v) is 3.48. The number of imide groups is 1. The summed E-state index contributed by atoms with van der Waals surface area (Å²) in [5.41, 5.74) is 1.21. The second-order valence-electron chi connectivity index (χ2n) is 5.98. The van der Waals surface area contributed by atoms with Crippen LogP contribution in [0.4, 0.5) is 0 Å². The topological polar surface area (TPSA) is 49.9 Å². The van der Waals surface area contributed by atoms with Crippen LogP contribution in [0.2, 0.25) is 0 Å². The Balaban J connectivity index is 1.82. The molecule has 1 saturated heterocycles. The van der Waals surface area contributed by atoms with E-state index in [9.17, 15) is 9.59 Å². The van der Waals surface area contributed by atoms with Gasteiger partial charge in [0.1, 0.15) is 6.10 Å². The first-order valence-electron chi connectivity index (χ1n) is 7.68. The Kier molecular flexibility index (Phi) is 2.84. The van der Waals surface area contributed by atoms with Crippen LogP contribution < -0.4 is 0 Å². The highest BCUT2D eigenvalue weighted by Gasteiger charge is 2.48. The number of hydrogen-bond donors (Lipinski definition) is 0. The maximum atomic E-state index is 12.8. The number of ether oxygens (including phenoxy) is 1. The maximum absolute atomic E-state index is 12.8. The van der Waals surface area contributed by atoms with Crippen molar-refractivity contribution in [2.75, 3.05) is 0 Å². The number of amides is 2. The van der Waals surface area contributed by atoms with E-state index in [1.54, 1.807) is 12.1 Å². The van der Waals surface area contributed by atoms with Crippen LogP contribution in [0.5, 0.6) is 0 Å². The molecule has 0 radical (unpaired) electrons. The van der Waals surface area contributed by atoms with Crippen molar-refractivity contribution in [1.29, 1.82) is 0 Å². The van der Waals surface area contributed by atoms with Crippen LogP contribution >= 0.6 is 0 Å². The average Bonchev–Trinajstić information content (AvgIpc) is 3.32. The average molecular weight is 295 g/mol. The van der Waals surface area contributed by atoms with Crippen LogP contribution in [-0.2, 0) is 4.74 Å². The lowest BCUT2D eigenvalue weighted by molar-refractivity contribution is 0.0526. The summed E-state index contributed by atoms with van der Waals surface area (Å²) in [6, 6.07) is 10.9. The number of hydrogen-bond acceptors (Lipinski definition) is 3. The zero-order valence-corrected chi connectivity index (χ0v) is 12.6. The monoisotopic (exact) mass is 295 g/mol. The normalized spacial score (nSPS) is 24.7. The number of nitrogens with zero attached hydrogens (tertiary/aromatic N) is 1. The number of carbonyl (C=O) groups is 2. The summed E-state index contributed by atoms with van der Waals surface area (Å²) in [4.78, 5) is 27.0. The van der Waals surface area contributed by atoms with E-state index in [0.717, 1.165) is 17.2 Å². The lowest BCUT2D eigenvalue weighted by Gasteiger charge is -2.31. The van der Waals surface area contributed by atoms with Crippen LogP contribution in [0.25, 0.3) is 10.8 Å². The fourth-order valence-electron chi connectivity index (χ4n) is 3.48. The summed E-state index contributed by atoms with van der Waals surface area (Å²) in [5, 5.41) is 1.70. The number of carbonyl (C=O) groups excluding carboxylic acids is 2. The van der Waals surface area contributed by atoms with Crippen LogP contribution in [0.3, 0.4) is 0 Å². The standard InChI is InChI=1S/C18H17NO3/c1-3-14-16(22-14)10(2)19-17(20)12-8-4-6-11-7-5-9-13(15(11)12)18(19)21/h4-10,14,16H,3H2,1-2H3. The third kappa shape index (κ3) is 1.74. The molecule has 0 saturated carbocycles. The Labute approximate surface area is 128 Å². The van der Waals surface area contributed by atoms with Crippen molar-refractivity contribution in [3.63, 3.8) is 0 Å². The van der Waals surface area contributed by atoms with E-state index in [2.05, 4.69) is 0 Å². The lowest BCUT2D eigenvalue weighted by Crippen LogP contribution is -2.48. The van der Waals surface area contributed by atoms with Crippen molar-refractivity contribution in [3.8, 4) is 0 Å². The van der Waals surface area contributed by atoms with Crippen molar-refractivity contribution >= 4 is 22.6 Å². The number of rotatable bonds is 3. The predicted octanol–water partition coefficient (Wildman–Crippen LogP) is 3.00. The van der Waals surface area contributed by atoms with Gasteiger partial charge in [-0.05, 0) is 30.9 Å². The molecular weight excluding hydrogens is 278 g/mol. The second kappa shape index (κ2) is 4.65. The van der Waals surface area contributed by atoms with E-state index in [0.29, 0.717) is 11.1 Å². The molecule has 2 aromatic rings. The molecule has 4 rings (SSSR count). The summed E-state index contributed by atoms with van der Waals surface area (Å²) in [7, 11) is 0. The molecular formula is C18H17NO3. The molecule has 0 N–H and O–H groups in total. The zero-order valence-electron chi connectivity index (χ0n) is 12.6. The molecule has 0 aromatic heterocycles. The molecule has 0 aliphatic carbocycles. The molecule has 4 nitrogen and oxygen atoms in total. The lowest BCUT2D eigenvalue weighted by atomic mass is 9.92. The Morgan fingerprint density at radius 2 is 1.68 bits per heavy atom. The molecule has 2 heterocycles. The number of epoxide rings is 1. The minimum absolute atomic E-state index is 0.0395. The molecule has 2 aliphatic heterocycles. The van der Waals surface area contributed by atoms with Gasteiger partial charge in [0.2, 0.25) is 0 Å². The molecule has 0 bridgehead atoms. The maximum Gasteiger partial charge on any atom is 0.261 e. The fraction of sp³-hybridized carbons (Fsp3) is 0.333. The molecule has 2 amide bonds. The Bertz CT molecular complexity index is 747. The van der Waals surface area contributed by atoms with Crippen molar-refractivity contribution in [1.82, 2.24) is 4.90 Å². The summed E-state index contributed by atoms with van der Waals surface area (Å²) in [6.45, 7) is 3.94. The third-order valence-corrected chi connectivity index (χ3v) is 4.71. The molecule has 0 spiro atoms. The van der Waals surface area contributed by atoms with Gasteiger partial charge in [-0.1, -0.05) is 31.2 Å². The quantitative estimate of drug-likeness (QED) is 0.646. The van der Waals surface area contributed by atoms with Gasteiger partial charge >= 0.3 is 0 Å². The summed E-state index contributed by atoms with van der Waals surface area (Å²) < 4.78 is 5.59. The van der Waals surface area contributed by atoms with Gasteiger partial charge in [-0.15, -0.1) is 0 Å². The molecule has 22 heavy (non-hydrogen) atoms. The van der Waals surface area contributed by atoms with Crippen molar-refractivity contribution in [2.45, 2.75) is 38.5 Å². The van der Waals surface area contributed by atoms with E-state index in [1.807, 2.05) is 38.1 Å². The van der Waals surface area contributed by atoms with Gasteiger partial charge in [-0.3, -0.25) is 14.5 Å². The van der Waals surface area contributed by atoms with Crippen LogP contribution in [0.15, 0.2) is 36.4 Å². The van der Waals surface area contributed by atoms with E-state index in [1.165, 1.54) is 4.90 Å². The number of benzene rings is 2. The Morgan fingerprint density at radius 3 is 2.18 bits per heavy atom. The van der Waals surface area contributed by atoms with Crippen LogP contribution in [0.1, 0.15) is 41.0 Å². The zero-order chi connectivity index (χ0) is 15.4. The largest absolute Gasteiger partial charge is 0.367 e. The highest BCUT2D eigenvalue weighted by Crippen LogP contribution is 2.36. The highest BCUT2D eigenvalue weighted by atomic mass is 16.6. The van der Waals surface area contributed by atoms with E-state index >= 15 is 0 Å².